The van der Waals surface area contributed by atoms with Crippen molar-refractivity contribution in [3.05, 3.63) is 77.1 Å². The van der Waals surface area contributed by atoms with Gasteiger partial charge >= 0.3 is 0 Å². The molecule has 0 fully saturated rings. The van der Waals surface area contributed by atoms with E-state index in [9.17, 15) is 9.59 Å². The minimum Gasteiger partial charge on any atom is -0.495 e. The van der Waals surface area contributed by atoms with Gasteiger partial charge in [-0.1, -0.05) is 24.3 Å². The summed E-state index contributed by atoms with van der Waals surface area (Å²) in [5.74, 6) is 0.469. The van der Waals surface area contributed by atoms with Crippen LogP contribution in [0.5, 0.6) is 5.75 Å². The van der Waals surface area contributed by atoms with Crippen LogP contribution in [0.1, 0.15) is 27.3 Å². The monoisotopic (exact) mass is 513 g/mol. The largest absolute Gasteiger partial charge is 0.495 e. The van der Waals surface area contributed by atoms with Crippen molar-refractivity contribution in [1.29, 1.82) is 0 Å². The van der Waals surface area contributed by atoms with Gasteiger partial charge in [0.1, 0.15) is 5.75 Å². The van der Waals surface area contributed by atoms with Crippen LogP contribution in [0.4, 0.5) is 0 Å². The highest BCUT2D eigenvalue weighted by molar-refractivity contribution is 7.21. The summed E-state index contributed by atoms with van der Waals surface area (Å²) in [5.41, 5.74) is 4.54. The molecule has 0 saturated heterocycles. The van der Waals surface area contributed by atoms with Gasteiger partial charge < -0.3 is 15.0 Å². The highest BCUT2D eigenvalue weighted by atomic mass is 32.1. The normalized spacial score (nSPS) is 11.1. The number of nitrogens with one attached hydrogen (secondary N) is 2. The summed E-state index contributed by atoms with van der Waals surface area (Å²) in [7, 11) is 3.22. The van der Waals surface area contributed by atoms with Crippen molar-refractivity contribution in [2.45, 2.75) is 19.9 Å². The fourth-order valence-corrected chi connectivity index (χ4v) is 5.53. The number of hydrogen-bond donors (Lipinski definition) is 2. The number of amides is 2. The zero-order valence-corrected chi connectivity index (χ0v) is 21.7. The van der Waals surface area contributed by atoms with Crippen molar-refractivity contribution in [2.24, 2.45) is 0 Å². The molecule has 5 rings (SSSR count). The Labute approximate surface area is 218 Å². The zero-order valence-electron chi connectivity index (χ0n) is 20.9. The number of hydrogen-bond acceptors (Lipinski definition) is 6. The number of pyridine rings is 1. The van der Waals surface area contributed by atoms with Crippen LogP contribution in [-0.4, -0.2) is 52.6 Å². The zero-order chi connectivity index (χ0) is 25.9. The van der Waals surface area contributed by atoms with Gasteiger partial charge in [0.25, 0.3) is 5.91 Å². The average Bonchev–Trinajstić information content (AvgIpc) is 3.50. The quantitative estimate of drug-likeness (QED) is 0.306. The second-order valence-corrected chi connectivity index (χ2v) is 9.80. The number of fused-ring (bicyclic) bond motifs is 2. The van der Waals surface area contributed by atoms with Crippen LogP contribution in [-0.2, 0) is 11.3 Å². The van der Waals surface area contributed by atoms with Crippen LogP contribution in [0.15, 0.2) is 60.9 Å². The third-order valence-electron chi connectivity index (χ3n) is 6.48. The number of aromatic nitrogens is 3. The molecule has 3 aromatic heterocycles. The Hall–Kier alpha value is -4.24. The van der Waals surface area contributed by atoms with Crippen LogP contribution >= 0.6 is 11.3 Å². The molecule has 188 valence electrons. The molecule has 0 aliphatic heterocycles. The SMILES string of the molecule is CNC(=O)CCN(Cc1[nH]nc2ccccc12)C(=O)c1sc2ccc(-c3cncc(OC)c3)cc2c1C. The van der Waals surface area contributed by atoms with Crippen LogP contribution in [0.25, 0.3) is 32.1 Å². The molecule has 2 N–H and O–H groups in total. The summed E-state index contributed by atoms with van der Waals surface area (Å²) in [6.07, 6.45) is 3.68. The molecular weight excluding hydrogens is 486 g/mol. The van der Waals surface area contributed by atoms with Crippen molar-refractivity contribution in [3.63, 3.8) is 0 Å². The second-order valence-electron chi connectivity index (χ2n) is 8.75. The molecule has 0 unspecified atom stereocenters. The summed E-state index contributed by atoms with van der Waals surface area (Å²) in [5, 5.41) is 12.1. The van der Waals surface area contributed by atoms with E-state index in [4.69, 9.17) is 4.74 Å². The molecule has 3 heterocycles. The maximum atomic E-state index is 13.9. The van der Waals surface area contributed by atoms with Crippen molar-refractivity contribution in [3.8, 4) is 16.9 Å². The van der Waals surface area contributed by atoms with E-state index in [1.807, 2.05) is 49.4 Å². The van der Waals surface area contributed by atoms with E-state index in [0.29, 0.717) is 23.7 Å². The summed E-state index contributed by atoms with van der Waals surface area (Å²) >= 11 is 1.47. The Morgan fingerprint density at radius 1 is 1.08 bits per heavy atom. The summed E-state index contributed by atoms with van der Waals surface area (Å²) in [6.45, 7) is 2.59. The first-order valence-electron chi connectivity index (χ1n) is 11.9. The molecule has 0 spiro atoms. The second kappa shape index (κ2) is 10.4. The lowest BCUT2D eigenvalue weighted by molar-refractivity contribution is -0.120. The van der Waals surface area contributed by atoms with Gasteiger partial charge in [-0.2, -0.15) is 5.10 Å². The molecule has 0 bridgehead atoms. The van der Waals surface area contributed by atoms with Crippen molar-refractivity contribution in [2.75, 3.05) is 20.7 Å². The van der Waals surface area contributed by atoms with E-state index in [0.717, 1.165) is 43.4 Å². The molecule has 8 nitrogen and oxygen atoms in total. The number of H-pyrrole nitrogens is 1. The lowest BCUT2D eigenvalue weighted by Crippen LogP contribution is -2.34. The smallest absolute Gasteiger partial charge is 0.264 e. The van der Waals surface area contributed by atoms with E-state index in [2.05, 4.69) is 26.6 Å². The number of aryl methyl sites for hydroxylation is 1. The fourth-order valence-electron chi connectivity index (χ4n) is 4.38. The number of benzene rings is 2. The highest BCUT2D eigenvalue weighted by Crippen LogP contribution is 2.35. The first-order valence-corrected chi connectivity index (χ1v) is 12.7. The molecule has 5 aromatic rings. The predicted octanol–water partition coefficient (Wildman–Crippen LogP) is 4.94. The number of carbonyl (C=O) groups is 2. The Kier molecular flexibility index (Phi) is 6.87. The number of methoxy groups -OCH3 is 1. The molecule has 0 saturated carbocycles. The first kappa shape index (κ1) is 24.5. The molecule has 0 atom stereocenters. The number of thiophene rings is 1. The molecular formula is C28H27N5O3S. The van der Waals surface area contributed by atoms with E-state index in [-0.39, 0.29) is 18.2 Å². The van der Waals surface area contributed by atoms with Gasteiger partial charge in [0.05, 0.1) is 35.9 Å². The summed E-state index contributed by atoms with van der Waals surface area (Å²) in [4.78, 5) is 32.6. The molecule has 2 aromatic carbocycles. The number of nitrogens with zero attached hydrogens (tertiary/aromatic N) is 3. The highest BCUT2D eigenvalue weighted by Gasteiger charge is 2.24. The maximum Gasteiger partial charge on any atom is 0.264 e. The number of rotatable bonds is 8. The van der Waals surface area contributed by atoms with Gasteiger partial charge in [0.15, 0.2) is 0 Å². The Morgan fingerprint density at radius 3 is 2.73 bits per heavy atom. The summed E-state index contributed by atoms with van der Waals surface area (Å²) < 4.78 is 6.35. The number of carbonyl (C=O) groups excluding carboxylic acids is 2. The lowest BCUT2D eigenvalue weighted by Gasteiger charge is -2.22. The summed E-state index contributed by atoms with van der Waals surface area (Å²) in [6, 6.07) is 15.9. The topological polar surface area (TPSA) is 100 Å². The van der Waals surface area contributed by atoms with E-state index < -0.39 is 0 Å². The number of para-hydroxylation sites is 1. The fraction of sp³-hybridized carbons (Fsp3) is 0.214. The third kappa shape index (κ3) is 4.90. The van der Waals surface area contributed by atoms with Crippen LogP contribution < -0.4 is 10.1 Å². The predicted molar refractivity (Wildman–Crippen MR) is 146 cm³/mol. The molecule has 0 radical (unpaired) electrons. The van der Waals surface area contributed by atoms with Gasteiger partial charge in [-0.05, 0) is 47.7 Å². The van der Waals surface area contributed by atoms with Crippen molar-refractivity contribution >= 4 is 44.1 Å². The Bertz CT molecular complexity index is 1610. The molecule has 2 amide bonds. The average molecular weight is 514 g/mol. The molecule has 9 heteroatoms. The van der Waals surface area contributed by atoms with Gasteiger partial charge in [-0.15, -0.1) is 11.3 Å². The Morgan fingerprint density at radius 2 is 1.92 bits per heavy atom. The van der Waals surface area contributed by atoms with E-state index in [1.165, 1.54) is 11.3 Å². The molecule has 0 aliphatic rings. The minimum atomic E-state index is -0.114. The molecule has 0 aliphatic carbocycles. The number of ether oxygens (including phenoxy) is 1. The van der Waals surface area contributed by atoms with Gasteiger partial charge in [0, 0.05) is 41.9 Å². The van der Waals surface area contributed by atoms with Crippen LogP contribution in [0, 0.1) is 6.92 Å². The first-order chi connectivity index (χ1) is 18.0. The lowest BCUT2D eigenvalue weighted by atomic mass is 10.0. The van der Waals surface area contributed by atoms with Crippen LogP contribution in [0.3, 0.4) is 0 Å². The van der Waals surface area contributed by atoms with Crippen molar-refractivity contribution in [1.82, 2.24) is 25.4 Å². The van der Waals surface area contributed by atoms with Gasteiger partial charge in [-0.25, -0.2) is 0 Å². The van der Waals surface area contributed by atoms with Gasteiger partial charge in [0.2, 0.25) is 5.91 Å². The van der Waals surface area contributed by atoms with Crippen molar-refractivity contribution < 1.29 is 14.3 Å². The Balaban J connectivity index is 1.49. The minimum absolute atomic E-state index is 0.106. The van der Waals surface area contributed by atoms with E-state index in [1.54, 1.807) is 31.5 Å². The van der Waals surface area contributed by atoms with E-state index >= 15 is 0 Å². The van der Waals surface area contributed by atoms with Crippen LogP contribution in [0.2, 0.25) is 0 Å². The number of aromatic amines is 1. The standard InChI is InChI=1S/C28H27N5O3S/c1-17-22-13-18(19-12-20(36-3)15-30-14-19)8-9-25(22)37-27(17)28(35)33(11-10-26(34)29-2)16-24-21-6-4-5-7-23(21)31-32-24/h4-9,12-15H,10-11,16H2,1-3H3,(H,29,34)(H,31,32). The third-order valence-corrected chi connectivity index (χ3v) is 7.74. The molecule has 37 heavy (non-hydrogen) atoms. The maximum absolute atomic E-state index is 13.9. The van der Waals surface area contributed by atoms with Gasteiger partial charge in [-0.3, -0.25) is 19.7 Å².